The molecule has 0 bridgehead atoms. The number of benzene rings is 1. The molecule has 2 fully saturated rings. The Morgan fingerprint density at radius 1 is 1.30 bits per heavy atom. The Kier molecular flexibility index (Phi) is 3.77. The van der Waals surface area contributed by atoms with Crippen LogP contribution in [0.5, 0.6) is 5.75 Å². The van der Waals surface area contributed by atoms with Gasteiger partial charge >= 0.3 is 0 Å². The largest absolute Gasteiger partial charge is 0.508 e. The van der Waals surface area contributed by atoms with Gasteiger partial charge in [-0.2, -0.15) is 0 Å². The van der Waals surface area contributed by atoms with Crippen LogP contribution in [0, 0.1) is 0 Å². The van der Waals surface area contributed by atoms with Gasteiger partial charge in [0.05, 0.1) is 28.7 Å². The molecule has 1 aromatic carbocycles. The second-order valence-electron chi connectivity index (χ2n) is 5.09. The van der Waals surface area contributed by atoms with Crippen LogP contribution in [0.4, 0.5) is 0 Å². The van der Waals surface area contributed by atoms with Crippen molar-refractivity contribution in [1.29, 1.82) is 0 Å². The van der Waals surface area contributed by atoms with Crippen molar-refractivity contribution in [2.75, 3.05) is 26.2 Å². The van der Waals surface area contributed by atoms with Crippen molar-refractivity contribution in [3.8, 4) is 5.75 Å². The van der Waals surface area contributed by atoms with E-state index in [9.17, 15) is 9.90 Å². The summed E-state index contributed by atoms with van der Waals surface area (Å²) >= 11 is 12.2. The molecule has 0 saturated carbocycles. The average molecular weight is 316 g/mol. The van der Waals surface area contributed by atoms with Gasteiger partial charge in [0, 0.05) is 25.2 Å². The van der Waals surface area contributed by atoms with Crippen LogP contribution in [0.2, 0.25) is 10.0 Å². The monoisotopic (exact) mass is 315 g/mol. The lowest BCUT2D eigenvalue weighted by atomic mass is 10.0. The predicted octanol–water partition coefficient (Wildman–Crippen LogP) is 1.14. The Labute approximate surface area is 126 Å². The van der Waals surface area contributed by atoms with E-state index in [4.69, 9.17) is 23.2 Å². The number of aromatic hydroxyl groups is 1. The van der Waals surface area contributed by atoms with E-state index < -0.39 is 0 Å². The van der Waals surface area contributed by atoms with Crippen molar-refractivity contribution in [2.45, 2.75) is 12.1 Å². The van der Waals surface area contributed by atoms with Crippen molar-refractivity contribution in [3.63, 3.8) is 0 Å². The topological polar surface area (TPSA) is 64.6 Å². The molecule has 2 heterocycles. The third-order valence-electron chi connectivity index (χ3n) is 3.86. The van der Waals surface area contributed by atoms with Gasteiger partial charge in [0.2, 0.25) is 5.91 Å². The minimum absolute atomic E-state index is 0.0744. The van der Waals surface area contributed by atoms with Crippen molar-refractivity contribution < 1.29 is 9.90 Å². The maximum absolute atomic E-state index is 12.0. The number of hydrogen-bond donors (Lipinski definition) is 3. The summed E-state index contributed by atoms with van der Waals surface area (Å²) in [6.45, 7) is 2.35. The van der Waals surface area contributed by atoms with Crippen LogP contribution >= 0.6 is 23.2 Å². The molecule has 0 aliphatic carbocycles. The van der Waals surface area contributed by atoms with Gasteiger partial charge in [-0.25, -0.2) is 0 Å². The van der Waals surface area contributed by atoms with E-state index in [1.165, 1.54) is 6.07 Å². The molecule has 5 nitrogen and oxygen atoms in total. The van der Waals surface area contributed by atoms with Crippen LogP contribution in [0.15, 0.2) is 12.1 Å². The number of nitrogens with zero attached hydrogens (tertiary/aromatic N) is 1. The van der Waals surface area contributed by atoms with Gasteiger partial charge in [0.25, 0.3) is 0 Å². The number of halogens is 2. The predicted molar refractivity (Wildman–Crippen MR) is 77.2 cm³/mol. The first-order chi connectivity index (χ1) is 9.58. The van der Waals surface area contributed by atoms with Crippen molar-refractivity contribution in [3.05, 3.63) is 27.7 Å². The molecule has 3 N–H and O–H groups in total. The van der Waals surface area contributed by atoms with Gasteiger partial charge in [-0.15, -0.1) is 0 Å². The third-order valence-corrected chi connectivity index (χ3v) is 4.68. The van der Waals surface area contributed by atoms with E-state index in [0.29, 0.717) is 22.2 Å². The molecule has 2 saturated heterocycles. The third kappa shape index (κ3) is 2.35. The highest BCUT2D eigenvalue weighted by atomic mass is 35.5. The lowest BCUT2D eigenvalue weighted by molar-refractivity contribution is -0.136. The van der Waals surface area contributed by atoms with E-state index in [-0.39, 0.29) is 30.3 Å². The summed E-state index contributed by atoms with van der Waals surface area (Å²) in [5, 5.41) is 17.0. The first-order valence-corrected chi connectivity index (χ1v) is 7.24. The van der Waals surface area contributed by atoms with Gasteiger partial charge in [-0.1, -0.05) is 23.2 Å². The highest BCUT2D eigenvalue weighted by Gasteiger charge is 2.35. The molecule has 0 radical (unpaired) electrons. The summed E-state index contributed by atoms with van der Waals surface area (Å²) in [6, 6.07) is 3.10. The van der Waals surface area contributed by atoms with Crippen molar-refractivity contribution >= 4 is 29.1 Å². The molecule has 2 aliphatic rings. The first-order valence-electron chi connectivity index (χ1n) is 6.48. The fourth-order valence-corrected chi connectivity index (χ4v) is 3.06. The van der Waals surface area contributed by atoms with Gasteiger partial charge in [-0.3, -0.25) is 10.1 Å². The number of phenolic OH excluding ortho intramolecular Hbond substituents is 1. The zero-order valence-electron chi connectivity index (χ0n) is 10.7. The van der Waals surface area contributed by atoms with E-state index in [1.54, 1.807) is 6.07 Å². The Hall–Kier alpha value is -1.01. The molecule has 1 amide bonds. The normalized spacial score (nSPS) is 23.8. The number of carbonyl (C=O) groups is 1. The van der Waals surface area contributed by atoms with Gasteiger partial charge in [0.1, 0.15) is 5.75 Å². The molecule has 1 aromatic rings. The average Bonchev–Trinajstić information content (AvgIpc) is 2.36. The van der Waals surface area contributed by atoms with E-state index in [1.807, 2.05) is 4.90 Å². The summed E-state index contributed by atoms with van der Waals surface area (Å²) in [6.07, 6.45) is 0. The molecule has 7 heteroatoms. The summed E-state index contributed by atoms with van der Waals surface area (Å²) < 4.78 is 0. The van der Waals surface area contributed by atoms with Crippen LogP contribution in [0.3, 0.4) is 0 Å². The fraction of sp³-hybridized carbons (Fsp3) is 0.462. The molecule has 1 unspecified atom stereocenters. The van der Waals surface area contributed by atoms with Crippen LogP contribution in [-0.4, -0.2) is 48.1 Å². The maximum Gasteiger partial charge on any atom is 0.236 e. The molecule has 0 aromatic heterocycles. The van der Waals surface area contributed by atoms with E-state index in [0.717, 1.165) is 13.1 Å². The molecule has 0 spiro atoms. The first kappa shape index (κ1) is 13.9. The molecule has 108 valence electrons. The van der Waals surface area contributed by atoms with Crippen molar-refractivity contribution in [2.24, 2.45) is 0 Å². The molecule has 20 heavy (non-hydrogen) atoms. The highest BCUT2D eigenvalue weighted by molar-refractivity contribution is 6.42. The quantitative estimate of drug-likeness (QED) is 0.766. The molecule has 2 aliphatic heterocycles. The number of phenols is 1. The minimum Gasteiger partial charge on any atom is -0.508 e. The van der Waals surface area contributed by atoms with Crippen LogP contribution in [0.25, 0.3) is 0 Å². The molecular formula is C13H15Cl2N3O2. The Balaban J connectivity index is 1.87. The molecule has 3 rings (SSSR count). The molecule has 1 atom stereocenters. The Morgan fingerprint density at radius 3 is 2.70 bits per heavy atom. The smallest absolute Gasteiger partial charge is 0.236 e. The summed E-state index contributed by atoms with van der Waals surface area (Å²) in [5.41, 5.74) is 0.559. The summed E-state index contributed by atoms with van der Waals surface area (Å²) in [7, 11) is 0. The summed E-state index contributed by atoms with van der Waals surface area (Å²) in [4.78, 5) is 13.8. The zero-order valence-corrected chi connectivity index (χ0v) is 12.2. The number of hydrogen-bond acceptors (Lipinski definition) is 4. The van der Waals surface area contributed by atoms with Gasteiger partial charge in [-0.05, 0) is 12.1 Å². The highest BCUT2D eigenvalue weighted by Crippen LogP contribution is 2.37. The van der Waals surface area contributed by atoms with Crippen LogP contribution in [0.1, 0.15) is 11.6 Å². The number of carbonyl (C=O) groups excluding carboxylic acids is 1. The van der Waals surface area contributed by atoms with E-state index in [2.05, 4.69) is 10.6 Å². The Morgan fingerprint density at radius 2 is 2.05 bits per heavy atom. The second-order valence-corrected chi connectivity index (χ2v) is 5.87. The Bertz CT molecular complexity index is 549. The standard InChI is InChI=1S/C13H15Cl2N3O2/c14-8-1-2-10(19)12(13(8)15)9-6-18(7-3-16-4-7)11(20)5-17-9/h1-2,7,9,16-17,19H,3-6H2. The lowest BCUT2D eigenvalue weighted by Gasteiger charge is -2.43. The van der Waals surface area contributed by atoms with Gasteiger partial charge in [0.15, 0.2) is 0 Å². The van der Waals surface area contributed by atoms with Crippen LogP contribution < -0.4 is 10.6 Å². The number of nitrogens with one attached hydrogen (secondary N) is 2. The molecular weight excluding hydrogens is 301 g/mol. The minimum atomic E-state index is -0.209. The maximum atomic E-state index is 12.0. The SMILES string of the molecule is O=C1CNC(c2c(O)ccc(Cl)c2Cl)CN1C1CNC1. The lowest BCUT2D eigenvalue weighted by Crippen LogP contribution is -2.63. The van der Waals surface area contributed by atoms with E-state index >= 15 is 0 Å². The number of piperazine rings is 1. The second kappa shape index (κ2) is 5.41. The van der Waals surface area contributed by atoms with Crippen LogP contribution in [-0.2, 0) is 4.79 Å². The van der Waals surface area contributed by atoms with Gasteiger partial charge < -0.3 is 15.3 Å². The zero-order chi connectivity index (χ0) is 14.3. The number of amides is 1. The van der Waals surface area contributed by atoms with Crippen molar-refractivity contribution in [1.82, 2.24) is 15.5 Å². The fourth-order valence-electron chi connectivity index (χ4n) is 2.60. The summed E-state index contributed by atoms with van der Waals surface area (Å²) in [5.74, 6) is 0.170. The number of rotatable bonds is 2.